The summed E-state index contributed by atoms with van der Waals surface area (Å²) in [6, 6.07) is 7.24. The number of amides is 2. The highest BCUT2D eigenvalue weighted by atomic mass is 32.2. The summed E-state index contributed by atoms with van der Waals surface area (Å²) in [6.07, 6.45) is 2.94. The maximum atomic E-state index is 13.4. The minimum atomic E-state index is -3.62. The second-order valence-electron chi connectivity index (χ2n) is 10.4. The van der Waals surface area contributed by atoms with Crippen LogP contribution in [-0.4, -0.2) is 107 Å². The second-order valence-corrected chi connectivity index (χ2v) is 12.2. The molecule has 15 heteroatoms. The summed E-state index contributed by atoms with van der Waals surface area (Å²) >= 11 is 0. The lowest BCUT2D eigenvalue weighted by molar-refractivity contribution is -0.165. The lowest BCUT2D eigenvalue weighted by atomic mass is 9.89. The number of carbonyl (C=O) groups is 4. The molecule has 1 saturated carbocycles. The molecule has 1 saturated heterocycles. The van der Waals surface area contributed by atoms with Crippen LogP contribution in [0.2, 0.25) is 0 Å². The average molecular weight is 601 g/mol. The van der Waals surface area contributed by atoms with Gasteiger partial charge in [-0.15, -0.1) is 0 Å². The van der Waals surface area contributed by atoms with Crippen LogP contribution in [-0.2, 0) is 35.6 Å². The van der Waals surface area contributed by atoms with Crippen LogP contribution >= 0.6 is 0 Å². The van der Waals surface area contributed by atoms with Crippen LogP contribution in [0.1, 0.15) is 44.1 Å². The molecule has 14 nitrogen and oxygen atoms in total. The molecule has 1 heterocycles. The first-order chi connectivity index (χ1) is 19.2. The van der Waals surface area contributed by atoms with Crippen molar-refractivity contribution in [3.05, 3.63) is 35.9 Å². The second kappa shape index (κ2) is 15.8. The summed E-state index contributed by atoms with van der Waals surface area (Å²) in [7, 11) is -3.62. The fourth-order valence-corrected chi connectivity index (χ4v) is 5.57. The van der Waals surface area contributed by atoms with E-state index in [9.17, 15) is 27.6 Å². The molecule has 0 spiro atoms. The normalized spacial score (nSPS) is 21.6. The van der Waals surface area contributed by atoms with Crippen LogP contribution < -0.4 is 15.8 Å². The summed E-state index contributed by atoms with van der Waals surface area (Å²) in [5.74, 6) is -3.68. The van der Waals surface area contributed by atoms with Gasteiger partial charge >= 0.3 is 11.9 Å². The Labute approximate surface area is 239 Å². The highest BCUT2D eigenvalue weighted by Gasteiger charge is 2.41. The number of aliphatic hydroxyl groups excluding tert-OH is 2. The summed E-state index contributed by atoms with van der Waals surface area (Å²) in [5.41, 5.74) is 6.93. The quantitative estimate of drug-likeness (QED) is 0.157. The van der Waals surface area contributed by atoms with Gasteiger partial charge in [0.15, 0.2) is 12.2 Å². The minimum absolute atomic E-state index is 0.203. The highest BCUT2D eigenvalue weighted by Crippen LogP contribution is 2.24. The van der Waals surface area contributed by atoms with Gasteiger partial charge in [0.25, 0.3) is 0 Å². The highest BCUT2D eigenvalue weighted by molar-refractivity contribution is 7.88. The third kappa shape index (κ3) is 11.4. The van der Waals surface area contributed by atoms with Gasteiger partial charge in [0.05, 0.1) is 6.26 Å². The van der Waals surface area contributed by atoms with E-state index in [1.54, 1.807) is 0 Å². The first-order valence-electron chi connectivity index (χ1n) is 13.4. The fraction of sp³-hybridized carbons (Fsp3) is 0.615. The smallest absolute Gasteiger partial charge is 0.335 e. The van der Waals surface area contributed by atoms with Gasteiger partial charge in [-0.25, -0.2) is 22.7 Å². The number of nitrogens with two attached hydrogens (primary N) is 1. The fourth-order valence-electron chi connectivity index (χ4n) is 4.87. The Morgan fingerprint density at radius 3 is 2.07 bits per heavy atom. The minimum Gasteiger partial charge on any atom is -0.479 e. The molecular formula is C26H40N4O10S. The van der Waals surface area contributed by atoms with Crippen LogP contribution in [0.3, 0.4) is 0 Å². The number of sulfonamides is 1. The van der Waals surface area contributed by atoms with Crippen molar-refractivity contribution in [1.82, 2.24) is 14.9 Å². The Hall–Kier alpha value is -3.11. The summed E-state index contributed by atoms with van der Waals surface area (Å²) in [6.45, 7) is 0.846. The number of nitrogens with one attached hydrogen (secondary N) is 2. The number of hydrogen-bond acceptors (Lipinski definition) is 9. The first kappa shape index (κ1) is 34.1. The molecule has 2 fully saturated rings. The zero-order chi connectivity index (χ0) is 30.7. The van der Waals surface area contributed by atoms with Crippen molar-refractivity contribution in [1.29, 1.82) is 0 Å². The molecule has 2 unspecified atom stereocenters. The van der Waals surface area contributed by atoms with Gasteiger partial charge in [0.1, 0.15) is 12.1 Å². The van der Waals surface area contributed by atoms with Gasteiger partial charge in [-0.1, -0.05) is 49.6 Å². The van der Waals surface area contributed by atoms with Gasteiger partial charge in [0, 0.05) is 19.1 Å². The molecule has 1 aromatic carbocycles. The molecule has 3 rings (SSSR count). The third-order valence-electron chi connectivity index (χ3n) is 6.95. The predicted octanol–water partition coefficient (Wildman–Crippen LogP) is -1.35. The van der Waals surface area contributed by atoms with Crippen molar-refractivity contribution in [2.75, 3.05) is 19.3 Å². The number of carboxylic acids is 2. The molecule has 1 aliphatic heterocycles. The van der Waals surface area contributed by atoms with Crippen molar-refractivity contribution in [2.24, 2.45) is 11.7 Å². The Balaban J connectivity index is 0.000000503. The molecule has 2 aliphatic rings. The Morgan fingerprint density at radius 2 is 1.56 bits per heavy atom. The van der Waals surface area contributed by atoms with E-state index in [0.29, 0.717) is 18.9 Å². The summed E-state index contributed by atoms with van der Waals surface area (Å²) < 4.78 is 26.3. The maximum absolute atomic E-state index is 13.4. The molecular weight excluding hydrogens is 560 g/mol. The van der Waals surface area contributed by atoms with Crippen molar-refractivity contribution in [3.8, 4) is 0 Å². The van der Waals surface area contributed by atoms with Gasteiger partial charge < -0.3 is 36.4 Å². The monoisotopic (exact) mass is 600 g/mol. The van der Waals surface area contributed by atoms with Crippen LogP contribution in [0.25, 0.3) is 0 Å². The van der Waals surface area contributed by atoms with Crippen molar-refractivity contribution >= 4 is 33.8 Å². The van der Waals surface area contributed by atoms with E-state index in [4.69, 9.17) is 26.2 Å². The van der Waals surface area contributed by atoms with E-state index in [1.165, 1.54) is 24.2 Å². The van der Waals surface area contributed by atoms with E-state index in [1.807, 2.05) is 30.3 Å². The molecule has 1 aromatic rings. The number of benzene rings is 1. The van der Waals surface area contributed by atoms with E-state index >= 15 is 0 Å². The molecule has 0 radical (unpaired) electrons. The predicted molar refractivity (Wildman–Crippen MR) is 147 cm³/mol. The Morgan fingerprint density at radius 1 is 1.00 bits per heavy atom. The number of carboxylic acid groups (broad SMARTS) is 2. The number of hydrogen-bond donors (Lipinski definition) is 7. The average Bonchev–Trinajstić information content (AvgIpc) is 3.32. The first-order valence-corrected chi connectivity index (χ1v) is 15.3. The van der Waals surface area contributed by atoms with Gasteiger partial charge in [0.2, 0.25) is 21.8 Å². The van der Waals surface area contributed by atoms with E-state index < -0.39 is 52.2 Å². The van der Waals surface area contributed by atoms with Crippen LogP contribution in [0.5, 0.6) is 0 Å². The number of nitrogens with zero attached hydrogens (tertiary/aromatic N) is 1. The Kier molecular flexibility index (Phi) is 13.1. The van der Waals surface area contributed by atoms with Crippen molar-refractivity contribution < 1.29 is 48.0 Å². The number of aliphatic carboxylic acids is 2. The number of aliphatic hydroxyl groups is 2. The lowest BCUT2D eigenvalue weighted by Gasteiger charge is -2.29. The molecule has 230 valence electrons. The van der Waals surface area contributed by atoms with Crippen molar-refractivity contribution in [2.45, 2.75) is 75.3 Å². The standard InChI is InChI=1S/C22H34N4O4S.C4H6O6/c1-31(29,30)25-19(12-16-8-4-2-5-9-16)22(28)26-15-18(23)13-20(26)21(27)24-14-17-10-6-3-7-11-17;5-1(3(7)8)2(6)4(9)10/h2,4-5,8-9,17-20,25H,3,6-7,10-15,23H2,1H3,(H,24,27);1-2,5-6H,(H,7,8)(H,9,10)/t18-,19-,20+;/m1./s1. The molecule has 2 amide bonds. The van der Waals surface area contributed by atoms with Crippen LogP contribution in [0, 0.1) is 5.92 Å². The van der Waals surface area contributed by atoms with E-state index in [0.717, 1.165) is 24.7 Å². The van der Waals surface area contributed by atoms with Gasteiger partial charge in [-0.2, -0.15) is 0 Å². The zero-order valence-corrected chi connectivity index (χ0v) is 23.7. The molecule has 0 aromatic heterocycles. The van der Waals surface area contributed by atoms with E-state index in [2.05, 4.69) is 10.0 Å². The molecule has 41 heavy (non-hydrogen) atoms. The van der Waals surface area contributed by atoms with Crippen LogP contribution in [0.4, 0.5) is 0 Å². The largest absolute Gasteiger partial charge is 0.479 e. The third-order valence-corrected chi connectivity index (χ3v) is 7.66. The van der Waals surface area contributed by atoms with E-state index in [-0.39, 0.29) is 24.9 Å². The van der Waals surface area contributed by atoms with Gasteiger partial charge in [-0.3, -0.25) is 9.59 Å². The zero-order valence-electron chi connectivity index (χ0n) is 22.9. The van der Waals surface area contributed by atoms with Crippen molar-refractivity contribution in [3.63, 3.8) is 0 Å². The number of likely N-dealkylation sites (tertiary alicyclic amines) is 1. The maximum Gasteiger partial charge on any atom is 0.335 e. The summed E-state index contributed by atoms with van der Waals surface area (Å²) in [5, 5.41) is 35.5. The topological polar surface area (TPSA) is 237 Å². The van der Waals surface area contributed by atoms with Gasteiger partial charge in [-0.05, 0) is 37.2 Å². The SMILES string of the molecule is CS(=O)(=O)N[C@H](Cc1ccccc1)C(=O)N1C[C@H](N)C[C@H]1C(=O)NCC1CCCCC1.O=C(O)C(O)C(O)C(=O)O. The molecule has 0 bridgehead atoms. The Bertz CT molecular complexity index is 1130. The summed E-state index contributed by atoms with van der Waals surface area (Å²) in [4.78, 5) is 47.3. The number of rotatable bonds is 11. The molecule has 1 aliphatic carbocycles. The number of carbonyl (C=O) groups excluding carboxylic acids is 2. The lowest BCUT2D eigenvalue weighted by Crippen LogP contribution is -2.54. The van der Waals surface area contributed by atoms with Crippen LogP contribution in [0.15, 0.2) is 30.3 Å². The molecule has 8 N–H and O–H groups in total. The molecule has 5 atom stereocenters.